The molecule has 0 amide bonds. The van der Waals surface area contributed by atoms with Gasteiger partial charge in [0.05, 0.1) is 22.0 Å². The van der Waals surface area contributed by atoms with Gasteiger partial charge in [-0.2, -0.15) is 0 Å². The second kappa shape index (κ2) is 4.43. The number of non-ortho nitro benzene ring substituents is 1. The van der Waals surface area contributed by atoms with E-state index in [2.05, 4.69) is 4.74 Å². The first-order valence-corrected chi connectivity index (χ1v) is 4.17. The van der Waals surface area contributed by atoms with Crippen LogP contribution < -0.4 is 4.74 Å². The van der Waals surface area contributed by atoms with Crippen LogP contribution in [0, 0.1) is 20.2 Å². The molecular formula is C8H6N2O7. The zero-order valence-electron chi connectivity index (χ0n) is 8.45. The first-order valence-electron chi connectivity index (χ1n) is 4.17. The van der Waals surface area contributed by atoms with E-state index in [1.165, 1.54) is 0 Å². The van der Waals surface area contributed by atoms with Crippen molar-refractivity contribution in [1.29, 1.82) is 0 Å². The number of phenols is 1. The lowest BCUT2D eigenvalue weighted by Crippen LogP contribution is -2.05. The third kappa shape index (κ3) is 2.65. The van der Waals surface area contributed by atoms with Crippen LogP contribution >= 0.6 is 0 Å². The number of hydrogen-bond acceptors (Lipinski definition) is 7. The molecule has 9 nitrogen and oxygen atoms in total. The Morgan fingerprint density at radius 1 is 1.29 bits per heavy atom. The topological polar surface area (TPSA) is 133 Å². The molecule has 0 saturated heterocycles. The quantitative estimate of drug-likeness (QED) is 0.363. The minimum atomic E-state index is -0.995. The minimum Gasteiger partial charge on any atom is -0.504 e. The highest BCUT2D eigenvalue weighted by Crippen LogP contribution is 2.39. The van der Waals surface area contributed by atoms with Gasteiger partial charge in [-0.25, -0.2) is 0 Å². The van der Waals surface area contributed by atoms with E-state index in [4.69, 9.17) is 0 Å². The zero-order valence-corrected chi connectivity index (χ0v) is 8.45. The summed E-state index contributed by atoms with van der Waals surface area (Å²) in [7, 11) is 0. The third-order valence-electron chi connectivity index (χ3n) is 1.69. The molecule has 90 valence electrons. The number of aromatic hydroxyl groups is 1. The summed E-state index contributed by atoms with van der Waals surface area (Å²) in [5.41, 5.74) is -1.53. The monoisotopic (exact) mass is 242 g/mol. The molecule has 0 spiro atoms. The van der Waals surface area contributed by atoms with E-state index in [0.29, 0.717) is 12.1 Å². The van der Waals surface area contributed by atoms with Gasteiger partial charge in [-0.05, 0) is 0 Å². The van der Waals surface area contributed by atoms with E-state index in [9.17, 15) is 30.1 Å². The first-order chi connectivity index (χ1) is 7.82. The van der Waals surface area contributed by atoms with Crippen LogP contribution in [0.4, 0.5) is 11.4 Å². The maximum absolute atomic E-state index is 10.7. The van der Waals surface area contributed by atoms with Crippen molar-refractivity contribution in [3.63, 3.8) is 0 Å². The summed E-state index contributed by atoms with van der Waals surface area (Å²) in [6, 6.07) is 1.25. The van der Waals surface area contributed by atoms with Crippen molar-refractivity contribution < 1.29 is 24.5 Å². The number of carbonyl (C=O) groups is 1. The number of carbonyl (C=O) groups excluding carboxylic acids is 1. The van der Waals surface area contributed by atoms with E-state index in [0.717, 1.165) is 6.92 Å². The predicted octanol–water partition coefficient (Wildman–Crippen LogP) is 1.13. The van der Waals surface area contributed by atoms with Crippen molar-refractivity contribution >= 4 is 17.3 Å². The van der Waals surface area contributed by atoms with Gasteiger partial charge in [-0.3, -0.25) is 25.0 Å². The van der Waals surface area contributed by atoms with E-state index in [1.54, 1.807) is 0 Å². The second-order valence-corrected chi connectivity index (χ2v) is 2.92. The average Bonchev–Trinajstić information content (AvgIpc) is 2.19. The fourth-order valence-electron chi connectivity index (χ4n) is 1.07. The van der Waals surface area contributed by atoms with Crippen LogP contribution in [0.2, 0.25) is 0 Å². The summed E-state index contributed by atoms with van der Waals surface area (Å²) in [4.78, 5) is 29.8. The number of phenolic OH excluding ortho intramolecular Hbond substituents is 1. The van der Waals surface area contributed by atoms with E-state index >= 15 is 0 Å². The van der Waals surface area contributed by atoms with Crippen LogP contribution in [0.3, 0.4) is 0 Å². The molecule has 0 atom stereocenters. The smallest absolute Gasteiger partial charge is 0.322 e. The first kappa shape index (κ1) is 12.4. The molecule has 1 aromatic rings. The lowest BCUT2D eigenvalue weighted by molar-refractivity contribution is -0.394. The molecule has 0 aromatic heterocycles. The van der Waals surface area contributed by atoms with Crippen LogP contribution in [0.25, 0.3) is 0 Å². The minimum absolute atomic E-state index is 0.595. The van der Waals surface area contributed by atoms with Gasteiger partial charge in [0.25, 0.3) is 5.69 Å². The fraction of sp³-hybridized carbons (Fsp3) is 0.125. The number of nitro benzene ring substituents is 2. The normalized spacial score (nSPS) is 9.71. The Kier molecular flexibility index (Phi) is 3.22. The van der Waals surface area contributed by atoms with Gasteiger partial charge in [0.2, 0.25) is 5.75 Å². The lowest BCUT2D eigenvalue weighted by atomic mass is 10.2. The summed E-state index contributed by atoms with van der Waals surface area (Å²) < 4.78 is 4.42. The molecule has 0 aliphatic rings. The van der Waals surface area contributed by atoms with Gasteiger partial charge in [-0.1, -0.05) is 0 Å². The van der Waals surface area contributed by atoms with Crippen LogP contribution in [0.5, 0.6) is 11.5 Å². The molecule has 0 aliphatic carbocycles. The van der Waals surface area contributed by atoms with Crippen molar-refractivity contribution in [2.75, 3.05) is 0 Å². The Hall–Kier alpha value is -2.71. The summed E-state index contributed by atoms with van der Waals surface area (Å²) in [5, 5.41) is 30.4. The molecular weight excluding hydrogens is 236 g/mol. The molecule has 1 rings (SSSR count). The lowest BCUT2D eigenvalue weighted by Gasteiger charge is -2.04. The molecule has 0 heterocycles. The molecule has 0 aliphatic heterocycles. The van der Waals surface area contributed by atoms with Gasteiger partial charge in [0, 0.05) is 6.92 Å². The van der Waals surface area contributed by atoms with Crippen LogP contribution in [-0.4, -0.2) is 20.9 Å². The van der Waals surface area contributed by atoms with Crippen molar-refractivity contribution in [3.8, 4) is 11.5 Å². The van der Waals surface area contributed by atoms with E-state index < -0.39 is 38.7 Å². The van der Waals surface area contributed by atoms with E-state index in [1.807, 2.05) is 0 Å². The number of rotatable bonds is 3. The van der Waals surface area contributed by atoms with Crippen LogP contribution in [0.15, 0.2) is 12.1 Å². The highest BCUT2D eigenvalue weighted by Gasteiger charge is 2.26. The summed E-state index contributed by atoms with van der Waals surface area (Å²) in [6.45, 7) is 0.977. The standard InChI is InChI=1S/C8H6N2O7/c1-4(11)17-8-6(10(15)16)2-5(9(13)14)3-7(8)12/h2-3,12H,1H3. The Morgan fingerprint density at radius 2 is 1.88 bits per heavy atom. The van der Waals surface area contributed by atoms with Crippen molar-refractivity contribution in [2.45, 2.75) is 6.92 Å². The number of nitro groups is 2. The van der Waals surface area contributed by atoms with E-state index in [-0.39, 0.29) is 0 Å². The molecule has 9 heteroatoms. The number of nitrogens with zero attached hydrogens (tertiary/aromatic N) is 2. The summed E-state index contributed by atoms with van der Waals surface area (Å²) in [5.74, 6) is -2.45. The van der Waals surface area contributed by atoms with Gasteiger partial charge in [0.15, 0.2) is 5.75 Å². The second-order valence-electron chi connectivity index (χ2n) is 2.92. The van der Waals surface area contributed by atoms with Crippen molar-refractivity contribution in [1.82, 2.24) is 0 Å². The SMILES string of the molecule is CC(=O)Oc1c(O)cc([N+](=O)[O-])cc1[N+](=O)[O-]. The molecule has 1 aromatic carbocycles. The van der Waals surface area contributed by atoms with Gasteiger partial charge < -0.3 is 9.84 Å². The average molecular weight is 242 g/mol. The molecule has 1 N–H and O–H groups in total. The zero-order chi connectivity index (χ0) is 13.2. The molecule has 17 heavy (non-hydrogen) atoms. The molecule has 0 unspecified atom stereocenters. The Bertz CT molecular complexity index is 511. The fourth-order valence-corrected chi connectivity index (χ4v) is 1.07. The van der Waals surface area contributed by atoms with Crippen LogP contribution in [0.1, 0.15) is 6.92 Å². The van der Waals surface area contributed by atoms with Crippen molar-refractivity contribution in [2.24, 2.45) is 0 Å². The third-order valence-corrected chi connectivity index (χ3v) is 1.69. The van der Waals surface area contributed by atoms with Gasteiger partial charge in [0.1, 0.15) is 0 Å². The Balaban J connectivity index is 3.43. The highest BCUT2D eigenvalue weighted by atomic mass is 16.6. The van der Waals surface area contributed by atoms with Crippen LogP contribution in [-0.2, 0) is 4.79 Å². The highest BCUT2D eigenvalue weighted by molar-refractivity contribution is 5.74. The number of hydrogen-bond donors (Lipinski definition) is 1. The summed E-state index contributed by atoms with van der Waals surface area (Å²) in [6.07, 6.45) is 0. The number of esters is 1. The molecule has 0 saturated carbocycles. The van der Waals surface area contributed by atoms with Gasteiger partial charge in [-0.15, -0.1) is 0 Å². The largest absolute Gasteiger partial charge is 0.504 e. The van der Waals surface area contributed by atoms with Gasteiger partial charge >= 0.3 is 11.7 Å². The number of benzene rings is 1. The number of ether oxygens (including phenoxy) is 1. The van der Waals surface area contributed by atoms with Crippen molar-refractivity contribution in [3.05, 3.63) is 32.4 Å². The summed E-state index contributed by atoms with van der Waals surface area (Å²) >= 11 is 0. The maximum Gasteiger partial charge on any atom is 0.322 e. The predicted molar refractivity (Wildman–Crippen MR) is 52.7 cm³/mol. The molecule has 0 fully saturated rings. The molecule has 0 radical (unpaired) electrons. The Labute approximate surface area is 93.5 Å². The Morgan fingerprint density at radius 3 is 2.29 bits per heavy atom. The molecule has 0 bridgehead atoms. The maximum atomic E-state index is 10.7.